The van der Waals surface area contributed by atoms with Gasteiger partial charge in [-0.05, 0) is 36.6 Å². The Labute approximate surface area is 134 Å². The number of benzene rings is 2. The average molecular weight is 318 g/mol. The van der Waals surface area contributed by atoms with Crippen LogP contribution in [0.5, 0.6) is 0 Å². The van der Waals surface area contributed by atoms with E-state index in [9.17, 15) is 13.6 Å². The first-order valence-electron chi connectivity index (χ1n) is 7.58. The first-order valence-corrected chi connectivity index (χ1v) is 7.58. The highest BCUT2D eigenvalue weighted by molar-refractivity contribution is 5.91. The predicted molar refractivity (Wildman–Crippen MR) is 88.7 cm³/mol. The van der Waals surface area contributed by atoms with Gasteiger partial charge in [-0.15, -0.1) is 0 Å². The summed E-state index contributed by atoms with van der Waals surface area (Å²) in [6.45, 7) is 4.56. The van der Waals surface area contributed by atoms with E-state index in [1.165, 1.54) is 11.6 Å². The molecule has 3 nitrogen and oxygen atoms in total. The van der Waals surface area contributed by atoms with Gasteiger partial charge < -0.3 is 10.6 Å². The lowest BCUT2D eigenvalue weighted by Gasteiger charge is -2.14. The van der Waals surface area contributed by atoms with Crippen LogP contribution in [0.3, 0.4) is 0 Å². The SMILES string of the molecule is CCc1cccc(C)c1NCCC(=O)Nc1ccc(F)c(F)c1. The molecule has 2 aromatic carbocycles. The number of para-hydroxylation sites is 1. The van der Waals surface area contributed by atoms with Gasteiger partial charge in [0, 0.05) is 30.4 Å². The molecule has 0 fully saturated rings. The average Bonchev–Trinajstić information content (AvgIpc) is 2.52. The summed E-state index contributed by atoms with van der Waals surface area (Å²) in [5.74, 6) is -2.17. The summed E-state index contributed by atoms with van der Waals surface area (Å²) in [5.41, 5.74) is 3.63. The summed E-state index contributed by atoms with van der Waals surface area (Å²) in [6.07, 6.45) is 1.14. The van der Waals surface area contributed by atoms with Crippen LogP contribution in [0.2, 0.25) is 0 Å². The molecule has 2 aromatic rings. The van der Waals surface area contributed by atoms with Gasteiger partial charge in [0.1, 0.15) is 0 Å². The maximum absolute atomic E-state index is 13.1. The topological polar surface area (TPSA) is 41.1 Å². The molecule has 0 atom stereocenters. The normalized spacial score (nSPS) is 10.4. The zero-order chi connectivity index (χ0) is 16.8. The number of nitrogens with one attached hydrogen (secondary N) is 2. The molecule has 0 unspecified atom stereocenters. The molecule has 0 aliphatic carbocycles. The summed E-state index contributed by atoms with van der Waals surface area (Å²) in [6, 6.07) is 9.37. The van der Waals surface area contributed by atoms with Crippen LogP contribution in [0, 0.1) is 18.6 Å². The quantitative estimate of drug-likeness (QED) is 0.835. The highest BCUT2D eigenvalue weighted by Crippen LogP contribution is 2.21. The lowest BCUT2D eigenvalue weighted by Crippen LogP contribution is -2.17. The molecule has 0 spiro atoms. The van der Waals surface area contributed by atoms with Crippen molar-refractivity contribution in [3.05, 3.63) is 59.2 Å². The minimum atomic E-state index is -0.978. The summed E-state index contributed by atoms with van der Waals surface area (Å²) >= 11 is 0. The number of amides is 1. The lowest BCUT2D eigenvalue weighted by atomic mass is 10.1. The van der Waals surface area contributed by atoms with Crippen LogP contribution in [0.25, 0.3) is 0 Å². The van der Waals surface area contributed by atoms with E-state index in [-0.39, 0.29) is 18.0 Å². The summed E-state index contributed by atoms with van der Waals surface area (Å²) in [5, 5.41) is 5.83. The van der Waals surface area contributed by atoms with Crippen LogP contribution < -0.4 is 10.6 Å². The predicted octanol–water partition coefficient (Wildman–Crippen LogP) is 4.28. The largest absolute Gasteiger partial charge is 0.384 e. The van der Waals surface area contributed by atoms with Crippen LogP contribution >= 0.6 is 0 Å². The van der Waals surface area contributed by atoms with Crippen molar-refractivity contribution in [3.8, 4) is 0 Å². The molecular formula is C18H20F2N2O. The minimum absolute atomic E-state index is 0.233. The Morgan fingerprint density at radius 3 is 2.61 bits per heavy atom. The van der Waals surface area contributed by atoms with Crippen molar-refractivity contribution in [1.82, 2.24) is 0 Å². The first kappa shape index (κ1) is 16.9. The zero-order valence-electron chi connectivity index (χ0n) is 13.2. The number of rotatable bonds is 6. The molecule has 1 amide bonds. The van der Waals surface area contributed by atoms with E-state index in [2.05, 4.69) is 23.6 Å². The van der Waals surface area contributed by atoms with Crippen molar-refractivity contribution < 1.29 is 13.6 Å². The molecule has 5 heteroatoms. The zero-order valence-corrected chi connectivity index (χ0v) is 13.2. The van der Waals surface area contributed by atoms with Crippen molar-refractivity contribution >= 4 is 17.3 Å². The van der Waals surface area contributed by atoms with Gasteiger partial charge in [-0.1, -0.05) is 25.1 Å². The van der Waals surface area contributed by atoms with E-state index < -0.39 is 11.6 Å². The van der Waals surface area contributed by atoms with E-state index in [1.54, 1.807) is 0 Å². The highest BCUT2D eigenvalue weighted by atomic mass is 19.2. The molecule has 0 aliphatic heterocycles. The lowest BCUT2D eigenvalue weighted by molar-refractivity contribution is -0.115. The molecule has 2 N–H and O–H groups in total. The Hall–Kier alpha value is -2.43. The van der Waals surface area contributed by atoms with Gasteiger partial charge in [0.15, 0.2) is 11.6 Å². The Kier molecular flexibility index (Phi) is 5.68. The number of anilines is 2. The highest BCUT2D eigenvalue weighted by Gasteiger charge is 2.08. The number of aryl methyl sites for hydroxylation is 2. The summed E-state index contributed by atoms with van der Waals surface area (Å²) in [7, 11) is 0. The van der Waals surface area contributed by atoms with Crippen molar-refractivity contribution in [3.63, 3.8) is 0 Å². The summed E-state index contributed by atoms with van der Waals surface area (Å²) in [4.78, 5) is 11.9. The maximum atomic E-state index is 13.1. The fourth-order valence-electron chi connectivity index (χ4n) is 2.37. The van der Waals surface area contributed by atoms with Gasteiger partial charge >= 0.3 is 0 Å². The van der Waals surface area contributed by atoms with Gasteiger partial charge in [-0.2, -0.15) is 0 Å². The van der Waals surface area contributed by atoms with E-state index in [4.69, 9.17) is 0 Å². The van der Waals surface area contributed by atoms with Crippen molar-refractivity contribution in [2.75, 3.05) is 17.2 Å². The van der Waals surface area contributed by atoms with E-state index in [0.717, 1.165) is 29.8 Å². The number of carbonyl (C=O) groups excluding carboxylic acids is 1. The van der Waals surface area contributed by atoms with Crippen LogP contribution in [0.1, 0.15) is 24.5 Å². The van der Waals surface area contributed by atoms with Gasteiger partial charge in [0.05, 0.1) is 0 Å². The third-order valence-electron chi connectivity index (χ3n) is 3.60. The van der Waals surface area contributed by atoms with Gasteiger partial charge in [-0.25, -0.2) is 8.78 Å². The molecule has 0 aliphatic rings. The molecule has 2 rings (SSSR count). The minimum Gasteiger partial charge on any atom is -0.384 e. The maximum Gasteiger partial charge on any atom is 0.226 e. The molecule has 122 valence electrons. The third-order valence-corrected chi connectivity index (χ3v) is 3.60. The molecular weight excluding hydrogens is 298 g/mol. The van der Waals surface area contributed by atoms with Crippen LogP contribution in [-0.2, 0) is 11.2 Å². The Bertz CT molecular complexity index is 701. The fourth-order valence-corrected chi connectivity index (χ4v) is 2.37. The molecule has 0 heterocycles. The fraction of sp³-hybridized carbons (Fsp3) is 0.278. The Morgan fingerprint density at radius 2 is 1.91 bits per heavy atom. The van der Waals surface area contributed by atoms with E-state index in [0.29, 0.717) is 6.54 Å². The van der Waals surface area contributed by atoms with Gasteiger partial charge in [-0.3, -0.25) is 4.79 Å². The second-order valence-corrected chi connectivity index (χ2v) is 5.32. The van der Waals surface area contributed by atoms with Crippen molar-refractivity contribution in [2.45, 2.75) is 26.7 Å². The molecule has 0 radical (unpaired) electrons. The number of hydrogen-bond acceptors (Lipinski definition) is 2. The van der Waals surface area contributed by atoms with Crippen LogP contribution in [0.4, 0.5) is 20.2 Å². The molecule has 0 aromatic heterocycles. The molecule has 0 bridgehead atoms. The second kappa shape index (κ2) is 7.72. The van der Waals surface area contributed by atoms with E-state index >= 15 is 0 Å². The van der Waals surface area contributed by atoms with Gasteiger partial charge in [0.2, 0.25) is 5.91 Å². The van der Waals surface area contributed by atoms with Crippen LogP contribution in [0.15, 0.2) is 36.4 Å². The summed E-state index contributed by atoms with van der Waals surface area (Å²) < 4.78 is 25.9. The Morgan fingerprint density at radius 1 is 1.13 bits per heavy atom. The third kappa shape index (κ3) is 4.52. The standard InChI is InChI=1S/C18H20F2N2O/c1-3-13-6-4-5-12(2)18(13)21-10-9-17(23)22-14-7-8-15(19)16(20)11-14/h4-8,11,21H,3,9-10H2,1-2H3,(H,22,23). The van der Waals surface area contributed by atoms with Crippen molar-refractivity contribution in [2.24, 2.45) is 0 Å². The molecule has 23 heavy (non-hydrogen) atoms. The monoisotopic (exact) mass is 318 g/mol. The van der Waals surface area contributed by atoms with Crippen LogP contribution in [-0.4, -0.2) is 12.5 Å². The number of carbonyl (C=O) groups is 1. The first-order chi connectivity index (χ1) is 11.0. The molecule has 0 saturated carbocycles. The molecule has 0 saturated heterocycles. The number of hydrogen-bond donors (Lipinski definition) is 2. The van der Waals surface area contributed by atoms with Gasteiger partial charge in [0.25, 0.3) is 0 Å². The van der Waals surface area contributed by atoms with E-state index in [1.807, 2.05) is 19.1 Å². The number of halogens is 2. The van der Waals surface area contributed by atoms with Crippen molar-refractivity contribution in [1.29, 1.82) is 0 Å². The Balaban J connectivity index is 1.89. The second-order valence-electron chi connectivity index (χ2n) is 5.32. The smallest absolute Gasteiger partial charge is 0.226 e.